The highest BCUT2D eigenvalue weighted by Crippen LogP contribution is 2.31. The summed E-state index contributed by atoms with van der Waals surface area (Å²) in [7, 11) is 0. The molecule has 0 saturated carbocycles. The predicted octanol–water partition coefficient (Wildman–Crippen LogP) is 2.16. The first-order valence-corrected chi connectivity index (χ1v) is 6.32. The Hall–Kier alpha value is -1.18. The molecule has 2 rings (SSSR count). The lowest BCUT2D eigenvalue weighted by atomic mass is 10.1. The number of nitrogens with two attached hydrogens (primary N) is 1. The van der Waals surface area contributed by atoms with Crippen molar-refractivity contribution in [1.82, 2.24) is 4.90 Å². The van der Waals surface area contributed by atoms with Gasteiger partial charge in [0, 0.05) is 31.9 Å². The molecule has 22 heavy (non-hydrogen) atoms. The van der Waals surface area contributed by atoms with Crippen LogP contribution >= 0.6 is 24.8 Å². The SMILES string of the molecule is Cl.Cl.NCC(=O)N1CCN(c2cccc(C(F)(F)F)c2)CC1. The van der Waals surface area contributed by atoms with Crippen LogP contribution < -0.4 is 10.6 Å². The van der Waals surface area contributed by atoms with Crippen molar-refractivity contribution in [2.75, 3.05) is 37.6 Å². The zero-order chi connectivity index (χ0) is 14.8. The molecule has 1 amide bonds. The summed E-state index contributed by atoms with van der Waals surface area (Å²) in [6, 6.07) is 5.24. The van der Waals surface area contributed by atoms with Crippen molar-refractivity contribution in [3.63, 3.8) is 0 Å². The van der Waals surface area contributed by atoms with Gasteiger partial charge in [0.25, 0.3) is 0 Å². The van der Waals surface area contributed by atoms with Crippen molar-refractivity contribution in [2.24, 2.45) is 5.73 Å². The smallest absolute Gasteiger partial charge is 0.368 e. The molecule has 0 atom stereocenters. The van der Waals surface area contributed by atoms with E-state index in [1.807, 2.05) is 4.90 Å². The standard InChI is InChI=1S/C13H16F3N3O.2ClH/c14-13(15,16)10-2-1-3-11(8-10)18-4-6-19(7-5-18)12(20)9-17;;/h1-3,8H,4-7,9,17H2;2*1H. The van der Waals surface area contributed by atoms with Gasteiger partial charge in [0.15, 0.2) is 0 Å². The summed E-state index contributed by atoms with van der Waals surface area (Å²) in [5.74, 6) is -0.131. The van der Waals surface area contributed by atoms with Crippen molar-refractivity contribution >= 4 is 36.4 Å². The highest BCUT2D eigenvalue weighted by molar-refractivity contribution is 5.85. The summed E-state index contributed by atoms with van der Waals surface area (Å²) in [6.07, 6.45) is -4.34. The molecule has 1 aromatic rings. The van der Waals surface area contributed by atoms with Crippen LogP contribution in [0.15, 0.2) is 24.3 Å². The maximum atomic E-state index is 12.7. The highest BCUT2D eigenvalue weighted by Gasteiger charge is 2.31. The van der Waals surface area contributed by atoms with Gasteiger partial charge in [-0.25, -0.2) is 0 Å². The van der Waals surface area contributed by atoms with E-state index in [1.165, 1.54) is 6.07 Å². The molecule has 1 aliphatic heterocycles. The number of anilines is 1. The number of hydrogen-bond donors (Lipinski definition) is 1. The first-order chi connectivity index (χ1) is 9.41. The zero-order valence-electron chi connectivity index (χ0n) is 11.7. The van der Waals surface area contributed by atoms with E-state index < -0.39 is 11.7 Å². The molecule has 0 aromatic heterocycles. The molecule has 0 aliphatic carbocycles. The number of benzene rings is 1. The van der Waals surface area contributed by atoms with Gasteiger partial charge in [-0.05, 0) is 18.2 Å². The maximum Gasteiger partial charge on any atom is 0.416 e. The van der Waals surface area contributed by atoms with Gasteiger partial charge < -0.3 is 15.5 Å². The largest absolute Gasteiger partial charge is 0.416 e. The topological polar surface area (TPSA) is 49.6 Å². The molecule has 0 bridgehead atoms. The molecule has 0 radical (unpaired) electrons. The Morgan fingerprint density at radius 1 is 1.14 bits per heavy atom. The molecule has 0 spiro atoms. The Labute approximate surface area is 139 Å². The summed E-state index contributed by atoms with van der Waals surface area (Å²) in [5.41, 5.74) is 5.16. The monoisotopic (exact) mass is 359 g/mol. The van der Waals surface area contributed by atoms with Crippen LogP contribution in [-0.2, 0) is 11.0 Å². The summed E-state index contributed by atoms with van der Waals surface area (Å²) in [4.78, 5) is 14.9. The Kier molecular flexibility index (Phi) is 8.00. The van der Waals surface area contributed by atoms with Crippen molar-refractivity contribution in [2.45, 2.75) is 6.18 Å². The number of hydrogen-bond acceptors (Lipinski definition) is 3. The molecule has 4 nitrogen and oxygen atoms in total. The highest BCUT2D eigenvalue weighted by atomic mass is 35.5. The minimum atomic E-state index is -4.34. The second kappa shape index (κ2) is 8.45. The number of carbonyl (C=O) groups excluding carboxylic acids is 1. The van der Waals surface area contributed by atoms with Crippen molar-refractivity contribution in [3.8, 4) is 0 Å². The Morgan fingerprint density at radius 2 is 1.73 bits per heavy atom. The van der Waals surface area contributed by atoms with Crippen LogP contribution in [0.5, 0.6) is 0 Å². The molecular weight excluding hydrogens is 342 g/mol. The van der Waals surface area contributed by atoms with Gasteiger partial charge in [0.05, 0.1) is 12.1 Å². The molecule has 2 N–H and O–H groups in total. The quantitative estimate of drug-likeness (QED) is 0.880. The third-order valence-corrected chi connectivity index (χ3v) is 3.35. The van der Waals surface area contributed by atoms with Crippen molar-refractivity contribution in [3.05, 3.63) is 29.8 Å². The van der Waals surface area contributed by atoms with Crippen LogP contribution in [0, 0.1) is 0 Å². The van der Waals surface area contributed by atoms with E-state index in [-0.39, 0.29) is 37.3 Å². The van der Waals surface area contributed by atoms with E-state index >= 15 is 0 Å². The zero-order valence-corrected chi connectivity index (χ0v) is 13.3. The lowest BCUT2D eigenvalue weighted by Gasteiger charge is -2.36. The Bertz CT molecular complexity index is 492. The van der Waals surface area contributed by atoms with Gasteiger partial charge >= 0.3 is 6.18 Å². The number of nitrogens with zero attached hydrogens (tertiary/aromatic N) is 2. The fourth-order valence-electron chi connectivity index (χ4n) is 2.22. The molecule has 9 heteroatoms. The molecule has 1 heterocycles. The fourth-order valence-corrected chi connectivity index (χ4v) is 2.22. The van der Waals surface area contributed by atoms with E-state index in [0.29, 0.717) is 31.9 Å². The van der Waals surface area contributed by atoms with Gasteiger partial charge in [-0.1, -0.05) is 6.07 Å². The van der Waals surface area contributed by atoms with E-state index in [9.17, 15) is 18.0 Å². The summed E-state index contributed by atoms with van der Waals surface area (Å²) in [5, 5.41) is 0. The van der Waals surface area contributed by atoms with Gasteiger partial charge in [-0.2, -0.15) is 13.2 Å². The minimum Gasteiger partial charge on any atom is -0.368 e. The van der Waals surface area contributed by atoms with Gasteiger partial charge in [0.2, 0.25) is 5.91 Å². The Morgan fingerprint density at radius 3 is 2.23 bits per heavy atom. The van der Waals surface area contributed by atoms with Crippen LogP contribution in [0.3, 0.4) is 0 Å². The lowest BCUT2D eigenvalue weighted by Crippen LogP contribution is -2.50. The minimum absolute atomic E-state index is 0. The molecule has 1 fully saturated rings. The Balaban J connectivity index is 0.00000220. The summed E-state index contributed by atoms with van der Waals surface area (Å²) < 4.78 is 38.0. The third-order valence-electron chi connectivity index (χ3n) is 3.35. The predicted molar refractivity (Wildman–Crippen MR) is 83.8 cm³/mol. The summed E-state index contributed by atoms with van der Waals surface area (Å²) >= 11 is 0. The summed E-state index contributed by atoms with van der Waals surface area (Å²) in [6.45, 7) is 1.93. The second-order valence-corrected chi connectivity index (χ2v) is 4.62. The molecule has 126 valence electrons. The maximum absolute atomic E-state index is 12.7. The number of piperazine rings is 1. The molecule has 1 aromatic carbocycles. The van der Waals surface area contributed by atoms with Crippen LogP contribution in [0.1, 0.15) is 5.56 Å². The molecular formula is C13H18Cl2F3N3O. The number of carbonyl (C=O) groups is 1. The molecule has 0 unspecified atom stereocenters. The van der Waals surface area contributed by atoms with Crippen LogP contribution in [0.25, 0.3) is 0 Å². The number of alkyl halides is 3. The third kappa shape index (κ3) is 4.93. The lowest BCUT2D eigenvalue weighted by molar-refractivity contribution is -0.137. The first-order valence-electron chi connectivity index (χ1n) is 6.32. The van der Waals surface area contributed by atoms with Crippen LogP contribution in [0.2, 0.25) is 0 Å². The van der Waals surface area contributed by atoms with Crippen LogP contribution in [-0.4, -0.2) is 43.5 Å². The number of amides is 1. The average Bonchev–Trinajstić information content (AvgIpc) is 2.46. The van der Waals surface area contributed by atoms with Gasteiger partial charge in [-0.15, -0.1) is 24.8 Å². The van der Waals surface area contributed by atoms with E-state index in [4.69, 9.17) is 5.73 Å². The molecule has 1 saturated heterocycles. The normalized spacial score (nSPS) is 14.9. The van der Waals surface area contributed by atoms with E-state index in [2.05, 4.69) is 0 Å². The van der Waals surface area contributed by atoms with Crippen molar-refractivity contribution in [1.29, 1.82) is 0 Å². The number of rotatable bonds is 2. The van der Waals surface area contributed by atoms with Crippen molar-refractivity contribution < 1.29 is 18.0 Å². The van der Waals surface area contributed by atoms with Gasteiger partial charge in [-0.3, -0.25) is 4.79 Å². The average molecular weight is 360 g/mol. The van der Waals surface area contributed by atoms with Crippen LogP contribution in [0.4, 0.5) is 18.9 Å². The second-order valence-electron chi connectivity index (χ2n) is 4.62. The van der Waals surface area contributed by atoms with Gasteiger partial charge in [0.1, 0.15) is 0 Å². The van der Waals surface area contributed by atoms with E-state index in [0.717, 1.165) is 12.1 Å². The van der Waals surface area contributed by atoms with E-state index in [1.54, 1.807) is 11.0 Å². The molecule has 1 aliphatic rings. The first kappa shape index (κ1) is 20.8. The fraction of sp³-hybridized carbons (Fsp3) is 0.462. The number of halogens is 5.